The van der Waals surface area contributed by atoms with Crippen molar-refractivity contribution in [1.82, 2.24) is 9.80 Å². The predicted octanol–water partition coefficient (Wildman–Crippen LogP) is 4.11. The van der Waals surface area contributed by atoms with Crippen molar-refractivity contribution in [2.45, 2.75) is 6.04 Å². The summed E-state index contributed by atoms with van der Waals surface area (Å²) in [5, 5.41) is 10.6. The van der Waals surface area contributed by atoms with Gasteiger partial charge < -0.3 is 5.11 Å². The molecule has 1 atom stereocenters. The minimum Gasteiger partial charge on any atom is -0.395 e. The van der Waals surface area contributed by atoms with E-state index < -0.39 is 0 Å². The van der Waals surface area contributed by atoms with E-state index in [2.05, 4.69) is 21.9 Å². The second-order valence-electron chi connectivity index (χ2n) is 6.08. The molecule has 6 heteroatoms. The summed E-state index contributed by atoms with van der Waals surface area (Å²) in [7, 11) is 0. The largest absolute Gasteiger partial charge is 0.395 e. The average molecular weight is 402 g/mol. The van der Waals surface area contributed by atoms with E-state index in [1.807, 2.05) is 36.4 Å². The molecule has 1 N–H and O–H groups in total. The molecule has 136 valence electrons. The highest BCUT2D eigenvalue weighted by atomic mass is 35.5. The Morgan fingerprint density at radius 1 is 0.960 bits per heavy atom. The molecule has 2 aromatic rings. The van der Waals surface area contributed by atoms with Crippen LogP contribution in [0.2, 0.25) is 10.0 Å². The lowest BCUT2D eigenvalue weighted by Gasteiger charge is -2.39. The van der Waals surface area contributed by atoms with E-state index in [9.17, 15) is 0 Å². The third-order valence-electron chi connectivity index (χ3n) is 4.55. The van der Waals surface area contributed by atoms with Crippen LogP contribution >= 0.6 is 35.6 Å². The Morgan fingerprint density at radius 2 is 1.68 bits per heavy atom. The zero-order chi connectivity index (χ0) is 16.9. The van der Waals surface area contributed by atoms with Crippen LogP contribution in [0.1, 0.15) is 17.2 Å². The molecule has 0 amide bonds. The monoisotopic (exact) mass is 400 g/mol. The van der Waals surface area contributed by atoms with Crippen molar-refractivity contribution < 1.29 is 5.11 Å². The Balaban J connectivity index is 0.00000225. The van der Waals surface area contributed by atoms with Crippen molar-refractivity contribution in [3.8, 4) is 0 Å². The fourth-order valence-corrected chi connectivity index (χ4v) is 3.78. The van der Waals surface area contributed by atoms with Crippen LogP contribution in [-0.2, 0) is 0 Å². The minimum absolute atomic E-state index is 0. The van der Waals surface area contributed by atoms with Crippen molar-refractivity contribution in [2.24, 2.45) is 0 Å². The topological polar surface area (TPSA) is 26.7 Å². The van der Waals surface area contributed by atoms with E-state index in [1.165, 1.54) is 0 Å². The van der Waals surface area contributed by atoms with Crippen molar-refractivity contribution in [1.29, 1.82) is 0 Å². The number of hydrogen-bond acceptors (Lipinski definition) is 3. The molecule has 1 aliphatic rings. The SMILES string of the molecule is Cl.OCCN1CCN(C(c2cccc(Cl)c2)c2ccccc2Cl)CC1. The molecule has 3 nitrogen and oxygen atoms in total. The molecule has 0 aromatic heterocycles. The van der Waals surface area contributed by atoms with Crippen LogP contribution in [0, 0.1) is 0 Å². The number of piperazine rings is 1. The molecule has 1 unspecified atom stereocenters. The van der Waals surface area contributed by atoms with E-state index in [4.69, 9.17) is 28.3 Å². The fourth-order valence-electron chi connectivity index (χ4n) is 3.35. The van der Waals surface area contributed by atoms with E-state index in [0.717, 1.165) is 53.9 Å². The fraction of sp³-hybridized carbons (Fsp3) is 0.368. The second kappa shape index (κ2) is 9.77. The first-order chi connectivity index (χ1) is 11.7. The standard InChI is InChI=1S/C19H22Cl2N2O.ClH/c20-16-5-3-4-15(14-16)19(17-6-1-2-7-18(17)21)23-10-8-22(9-11-23)12-13-24;/h1-7,14,19,24H,8-13H2;1H. The first kappa shape index (κ1) is 20.5. The molecule has 1 heterocycles. The van der Waals surface area contributed by atoms with E-state index in [1.54, 1.807) is 0 Å². The van der Waals surface area contributed by atoms with Crippen LogP contribution < -0.4 is 0 Å². The molecule has 0 saturated carbocycles. The van der Waals surface area contributed by atoms with Crippen molar-refractivity contribution in [3.63, 3.8) is 0 Å². The Kier molecular flexibility index (Phi) is 8.01. The molecule has 0 aliphatic carbocycles. The highest BCUT2D eigenvalue weighted by molar-refractivity contribution is 6.31. The van der Waals surface area contributed by atoms with Gasteiger partial charge in [0.05, 0.1) is 12.6 Å². The number of aliphatic hydroxyl groups excluding tert-OH is 1. The number of aliphatic hydroxyl groups is 1. The second-order valence-corrected chi connectivity index (χ2v) is 6.92. The van der Waals surface area contributed by atoms with Gasteiger partial charge in [0.2, 0.25) is 0 Å². The van der Waals surface area contributed by atoms with Crippen molar-refractivity contribution >= 4 is 35.6 Å². The first-order valence-electron chi connectivity index (χ1n) is 8.26. The summed E-state index contributed by atoms with van der Waals surface area (Å²) in [6, 6.07) is 16.1. The minimum atomic E-state index is 0. The van der Waals surface area contributed by atoms with Crippen LogP contribution in [-0.4, -0.2) is 54.2 Å². The Labute approximate surface area is 165 Å². The lowest BCUT2D eigenvalue weighted by atomic mass is 9.96. The maximum Gasteiger partial charge on any atom is 0.0617 e. The third-order valence-corrected chi connectivity index (χ3v) is 5.13. The third kappa shape index (κ3) is 5.10. The zero-order valence-corrected chi connectivity index (χ0v) is 16.3. The molecule has 1 fully saturated rings. The lowest BCUT2D eigenvalue weighted by Crippen LogP contribution is -2.48. The van der Waals surface area contributed by atoms with E-state index in [0.29, 0.717) is 0 Å². The highest BCUT2D eigenvalue weighted by Crippen LogP contribution is 2.34. The van der Waals surface area contributed by atoms with Crippen LogP contribution in [0.3, 0.4) is 0 Å². The highest BCUT2D eigenvalue weighted by Gasteiger charge is 2.27. The number of rotatable bonds is 5. The zero-order valence-electron chi connectivity index (χ0n) is 13.9. The molecule has 0 spiro atoms. The molecule has 1 saturated heterocycles. The summed E-state index contributed by atoms with van der Waals surface area (Å²) >= 11 is 12.7. The molecule has 2 aromatic carbocycles. The number of nitrogens with zero attached hydrogens (tertiary/aromatic N) is 2. The van der Waals surface area contributed by atoms with Crippen LogP contribution in [0.15, 0.2) is 48.5 Å². The van der Waals surface area contributed by atoms with Crippen LogP contribution in [0.4, 0.5) is 0 Å². The van der Waals surface area contributed by atoms with Crippen molar-refractivity contribution in [2.75, 3.05) is 39.3 Å². The van der Waals surface area contributed by atoms with Crippen molar-refractivity contribution in [3.05, 3.63) is 69.7 Å². The van der Waals surface area contributed by atoms with Gasteiger partial charge in [0, 0.05) is 42.8 Å². The molecule has 25 heavy (non-hydrogen) atoms. The van der Waals surface area contributed by atoms with Gasteiger partial charge in [-0.3, -0.25) is 9.80 Å². The molecular weight excluding hydrogens is 379 g/mol. The smallest absolute Gasteiger partial charge is 0.0617 e. The molecular formula is C19H23Cl3N2O. The van der Waals surface area contributed by atoms with Gasteiger partial charge >= 0.3 is 0 Å². The maximum atomic E-state index is 9.13. The average Bonchev–Trinajstić information content (AvgIpc) is 2.59. The van der Waals surface area contributed by atoms with E-state index >= 15 is 0 Å². The Hall–Kier alpha value is -0.810. The van der Waals surface area contributed by atoms with Gasteiger partial charge in [0.15, 0.2) is 0 Å². The summed E-state index contributed by atoms with van der Waals surface area (Å²) in [6.07, 6.45) is 0. The Bertz CT molecular complexity index is 675. The van der Waals surface area contributed by atoms with Gasteiger partial charge in [-0.25, -0.2) is 0 Å². The predicted molar refractivity (Wildman–Crippen MR) is 107 cm³/mol. The van der Waals surface area contributed by atoms with Crippen LogP contribution in [0.25, 0.3) is 0 Å². The first-order valence-corrected chi connectivity index (χ1v) is 9.02. The summed E-state index contributed by atoms with van der Waals surface area (Å²) in [4.78, 5) is 4.74. The maximum absolute atomic E-state index is 9.13. The lowest BCUT2D eigenvalue weighted by molar-refractivity contribution is 0.0945. The summed E-state index contributed by atoms with van der Waals surface area (Å²) < 4.78 is 0. The molecule has 3 rings (SSSR count). The van der Waals surface area contributed by atoms with Gasteiger partial charge in [-0.2, -0.15) is 0 Å². The number of halogens is 3. The summed E-state index contributed by atoms with van der Waals surface area (Å²) in [5.41, 5.74) is 2.27. The van der Waals surface area contributed by atoms with Gasteiger partial charge in [-0.15, -0.1) is 12.4 Å². The number of hydrogen-bond donors (Lipinski definition) is 1. The Morgan fingerprint density at radius 3 is 2.32 bits per heavy atom. The summed E-state index contributed by atoms with van der Waals surface area (Å²) in [6.45, 7) is 4.71. The van der Waals surface area contributed by atoms with E-state index in [-0.39, 0.29) is 25.1 Å². The molecule has 1 aliphatic heterocycles. The van der Waals surface area contributed by atoms with Gasteiger partial charge in [-0.1, -0.05) is 53.5 Å². The molecule has 0 radical (unpaired) electrons. The molecule has 0 bridgehead atoms. The normalized spacial score (nSPS) is 17.1. The summed E-state index contributed by atoms with van der Waals surface area (Å²) in [5.74, 6) is 0. The van der Waals surface area contributed by atoms with Gasteiger partial charge in [-0.05, 0) is 29.3 Å². The quantitative estimate of drug-likeness (QED) is 0.816. The van der Waals surface area contributed by atoms with Crippen LogP contribution in [0.5, 0.6) is 0 Å². The van der Waals surface area contributed by atoms with Gasteiger partial charge in [0.25, 0.3) is 0 Å². The van der Waals surface area contributed by atoms with Gasteiger partial charge in [0.1, 0.15) is 0 Å². The number of benzene rings is 2. The number of β-amino-alcohol motifs (C(OH)–C–C–N with tert-alkyl or cyclic N) is 1.